The molecule has 0 aromatic heterocycles. The highest BCUT2D eigenvalue weighted by Crippen LogP contribution is 2.26. The molecule has 2 aliphatic rings. The molecule has 6 heteroatoms. The van der Waals surface area contributed by atoms with Crippen molar-refractivity contribution < 1.29 is 13.2 Å². The molecule has 0 unspecified atom stereocenters. The van der Waals surface area contributed by atoms with Gasteiger partial charge in [0.05, 0.1) is 4.90 Å². The number of rotatable bonds is 2. The van der Waals surface area contributed by atoms with Gasteiger partial charge in [0.15, 0.2) is 0 Å². The number of hydrogen-bond donors (Lipinski definition) is 0. The Hall–Kier alpha value is -1.40. The molecule has 0 radical (unpaired) electrons. The fourth-order valence-electron chi connectivity index (χ4n) is 3.31. The van der Waals surface area contributed by atoms with E-state index in [1.807, 2.05) is 12.1 Å². The van der Waals surface area contributed by atoms with Gasteiger partial charge < -0.3 is 4.90 Å². The van der Waals surface area contributed by atoms with E-state index in [4.69, 9.17) is 0 Å². The van der Waals surface area contributed by atoms with E-state index in [0.29, 0.717) is 37.5 Å². The number of hydrogen-bond acceptors (Lipinski definition) is 3. The first kappa shape index (κ1) is 15.5. The molecule has 1 saturated heterocycles. The van der Waals surface area contributed by atoms with E-state index in [1.54, 1.807) is 11.0 Å². The van der Waals surface area contributed by atoms with Crippen LogP contribution in [0.5, 0.6) is 0 Å². The molecular weight excluding hydrogens is 300 g/mol. The van der Waals surface area contributed by atoms with Crippen molar-refractivity contribution in [2.75, 3.05) is 26.2 Å². The molecule has 3 rings (SSSR count). The lowest BCUT2D eigenvalue weighted by atomic mass is 10.1. The van der Waals surface area contributed by atoms with Gasteiger partial charge in [-0.25, -0.2) is 8.42 Å². The SMILES string of the molecule is CC(=O)N1CCCN(S(=O)(=O)c2ccc3c(c2)CCC3)CC1. The number of aryl methyl sites for hydroxylation is 2. The quantitative estimate of drug-likeness (QED) is 0.827. The predicted molar refractivity (Wildman–Crippen MR) is 84.1 cm³/mol. The fourth-order valence-corrected chi connectivity index (χ4v) is 4.83. The molecule has 1 amide bonds. The number of carbonyl (C=O) groups is 1. The van der Waals surface area contributed by atoms with Crippen LogP contribution in [-0.2, 0) is 27.7 Å². The summed E-state index contributed by atoms with van der Waals surface area (Å²) in [5.41, 5.74) is 2.44. The van der Waals surface area contributed by atoms with Crippen LogP contribution >= 0.6 is 0 Å². The van der Waals surface area contributed by atoms with Crippen molar-refractivity contribution in [1.82, 2.24) is 9.21 Å². The summed E-state index contributed by atoms with van der Waals surface area (Å²) in [6, 6.07) is 5.52. The Bertz CT molecular complexity index is 685. The monoisotopic (exact) mass is 322 g/mol. The molecule has 120 valence electrons. The average Bonchev–Trinajstić information content (AvgIpc) is 2.80. The number of carbonyl (C=O) groups excluding carboxylic acids is 1. The van der Waals surface area contributed by atoms with Gasteiger partial charge in [0, 0.05) is 33.1 Å². The Kier molecular flexibility index (Phi) is 4.23. The molecule has 5 nitrogen and oxygen atoms in total. The van der Waals surface area contributed by atoms with Crippen LogP contribution < -0.4 is 0 Å². The maximum Gasteiger partial charge on any atom is 0.243 e. The lowest BCUT2D eigenvalue weighted by molar-refractivity contribution is -0.128. The molecule has 1 aromatic carbocycles. The molecule has 1 heterocycles. The fraction of sp³-hybridized carbons (Fsp3) is 0.562. The average molecular weight is 322 g/mol. The van der Waals surface area contributed by atoms with Crippen LogP contribution in [0.4, 0.5) is 0 Å². The van der Waals surface area contributed by atoms with Crippen LogP contribution in [0.1, 0.15) is 30.9 Å². The van der Waals surface area contributed by atoms with E-state index in [9.17, 15) is 13.2 Å². The third kappa shape index (κ3) is 2.90. The highest BCUT2D eigenvalue weighted by Gasteiger charge is 2.28. The Morgan fingerprint density at radius 3 is 2.55 bits per heavy atom. The first-order chi connectivity index (χ1) is 10.5. The zero-order chi connectivity index (χ0) is 15.7. The maximum atomic E-state index is 12.8. The lowest BCUT2D eigenvalue weighted by Crippen LogP contribution is -2.36. The summed E-state index contributed by atoms with van der Waals surface area (Å²) >= 11 is 0. The van der Waals surface area contributed by atoms with E-state index in [1.165, 1.54) is 22.4 Å². The van der Waals surface area contributed by atoms with Gasteiger partial charge in [-0.3, -0.25) is 4.79 Å². The van der Waals surface area contributed by atoms with Gasteiger partial charge in [-0.1, -0.05) is 6.07 Å². The van der Waals surface area contributed by atoms with Crippen LogP contribution in [0.25, 0.3) is 0 Å². The zero-order valence-electron chi connectivity index (χ0n) is 12.9. The summed E-state index contributed by atoms with van der Waals surface area (Å²) < 4.78 is 27.2. The molecule has 22 heavy (non-hydrogen) atoms. The third-order valence-corrected chi connectivity index (χ3v) is 6.50. The van der Waals surface area contributed by atoms with Crippen molar-refractivity contribution in [2.45, 2.75) is 37.5 Å². The summed E-state index contributed by atoms with van der Waals surface area (Å²) in [5, 5.41) is 0. The highest BCUT2D eigenvalue weighted by atomic mass is 32.2. The van der Waals surface area contributed by atoms with Gasteiger partial charge in [-0.15, -0.1) is 0 Å². The second kappa shape index (κ2) is 6.01. The normalized spacial score (nSPS) is 19.8. The standard InChI is InChI=1S/C16H22N2O3S/c1-13(19)17-8-3-9-18(11-10-17)22(20,21)16-7-6-14-4-2-5-15(14)12-16/h6-7,12H,2-5,8-11H2,1H3. The Balaban J connectivity index is 1.82. The predicted octanol–water partition coefficient (Wildman–Crippen LogP) is 1.42. The van der Waals surface area contributed by atoms with Crippen LogP contribution in [0, 0.1) is 0 Å². The van der Waals surface area contributed by atoms with E-state index < -0.39 is 10.0 Å². The van der Waals surface area contributed by atoms with E-state index in [2.05, 4.69) is 0 Å². The minimum Gasteiger partial charge on any atom is -0.342 e. The molecule has 0 N–H and O–H groups in total. The summed E-state index contributed by atoms with van der Waals surface area (Å²) in [6.07, 6.45) is 3.81. The molecule has 1 aromatic rings. The third-order valence-electron chi connectivity index (χ3n) is 4.61. The highest BCUT2D eigenvalue weighted by molar-refractivity contribution is 7.89. The number of sulfonamides is 1. The van der Waals surface area contributed by atoms with Crippen LogP contribution in [0.15, 0.2) is 23.1 Å². The Labute approximate surface area is 132 Å². The molecule has 0 spiro atoms. The number of nitrogens with zero attached hydrogens (tertiary/aromatic N) is 2. The summed E-state index contributed by atoms with van der Waals surface area (Å²) in [4.78, 5) is 13.6. The van der Waals surface area contributed by atoms with Gasteiger partial charge in [0.25, 0.3) is 0 Å². The van der Waals surface area contributed by atoms with Gasteiger partial charge in [-0.05, 0) is 48.9 Å². The van der Waals surface area contributed by atoms with Crippen molar-refractivity contribution in [2.24, 2.45) is 0 Å². The number of benzene rings is 1. The second-order valence-electron chi connectivity index (χ2n) is 6.05. The van der Waals surface area contributed by atoms with Gasteiger partial charge in [-0.2, -0.15) is 4.31 Å². The Morgan fingerprint density at radius 1 is 1.00 bits per heavy atom. The van der Waals surface area contributed by atoms with Crippen molar-refractivity contribution in [1.29, 1.82) is 0 Å². The summed E-state index contributed by atoms with van der Waals surface area (Å²) in [7, 11) is -3.46. The smallest absolute Gasteiger partial charge is 0.243 e. The summed E-state index contributed by atoms with van der Waals surface area (Å²) in [5.74, 6) is 0.0109. The number of amides is 1. The van der Waals surface area contributed by atoms with E-state index in [-0.39, 0.29) is 5.91 Å². The lowest BCUT2D eigenvalue weighted by Gasteiger charge is -2.21. The van der Waals surface area contributed by atoms with Crippen LogP contribution in [-0.4, -0.2) is 49.7 Å². The first-order valence-electron chi connectivity index (χ1n) is 7.86. The first-order valence-corrected chi connectivity index (χ1v) is 9.30. The van der Waals surface area contributed by atoms with Crippen LogP contribution in [0.3, 0.4) is 0 Å². The molecule has 1 fully saturated rings. The van der Waals surface area contributed by atoms with Crippen molar-refractivity contribution in [3.8, 4) is 0 Å². The van der Waals surface area contributed by atoms with Crippen molar-refractivity contribution in [3.63, 3.8) is 0 Å². The number of fused-ring (bicyclic) bond motifs is 1. The van der Waals surface area contributed by atoms with E-state index in [0.717, 1.165) is 19.3 Å². The minimum absolute atomic E-state index is 0.0109. The zero-order valence-corrected chi connectivity index (χ0v) is 13.7. The van der Waals surface area contributed by atoms with Gasteiger partial charge >= 0.3 is 0 Å². The van der Waals surface area contributed by atoms with Crippen LogP contribution in [0.2, 0.25) is 0 Å². The molecule has 0 bridgehead atoms. The van der Waals surface area contributed by atoms with E-state index >= 15 is 0 Å². The van der Waals surface area contributed by atoms with Crippen molar-refractivity contribution >= 4 is 15.9 Å². The maximum absolute atomic E-state index is 12.8. The Morgan fingerprint density at radius 2 is 1.77 bits per heavy atom. The molecule has 1 aliphatic heterocycles. The van der Waals surface area contributed by atoms with Crippen molar-refractivity contribution in [3.05, 3.63) is 29.3 Å². The van der Waals surface area contributed by atoms with Gasteiger partial charge in [0.1, 0.15) is 0 Å². The largest absolute Gasteiger partial charge is 0.342 e. The second-order valence-corrected chi connectivity index (χ2v) is 7.99. The molecule has 1 aliphatic carbocycles. The minimum atomic E-state index is -3.46. The topological polar surface area (TPSA) is 57.7 Å². The van der Waals surface area contributed by atoms with Gasteiger partial charge in [0.2, 0.25) is 15.9 Å². The molecule has 0 saturated carbocycles. The molecular formula is C16H22N2O3S. The summed E-state index contributed by atoms with van der Waals surface area (Å²) in [6.45, 7) is 3.48. The molecule has 0 atom stereocenters.